The summed E-state index contributed by atoms with van der Waals surface area (Å²) >= 11 is 5.95. The van der Waals surface area contributed by atoms with Gasteiger partial charge in [-0.25, -0.2) is 21.8 Å². The molecule has 4 rings (SSSR count). The molecule has 25 heavy (non-hydrogen) atoms. The van der Waals surface area contributed by atoms with Crippen LogP contribution in [0.5, 0.6) is 0 Å². The molecule has 0 N–H and O–H groups in total. The molecule has 0 amide bonds. The lowest BCUT2D eigenvalue weighted by atomic mass is 10.2. The van der Waals surface area contributed by atoms with Gasteiger partial charge in [0.1, 0.15) is 11.0 Å². The van der Waals surface area contributed by atoms with Crippen LogP contribution in [0.3, 0.4) is 0 Å². The van der Waals surface area contributed by atoms with Crippen molar-refractivity contribution < 1.29 is 12.8 Å². The minimum atomic E-state index is -3.88. The highest BCUT2D eigenvalue weighted by Crippen LogP contribution is 2.33. The van der Waals surface area contributed by atoms with Crippen LogP contribution in [0.4, 0.5) is 4.39 Å². The molecule has 0 atom stereocenters. The quantitative estimate of drug-likeness (QED) is 0.484. The van der Waals surface area contributed by atoms with Gasteiger partial charge in [-0.05, 0) is 43.3 Å². The molecule has 0 aliphatic carbocycles. The summed E-state index contributed by atoms with van der Waals surface area (Å²) in [6, 6.07) is 12.1. The van der Waals surface area contributed by atoms with E-state index in [0.29, 0.717) is 21.8 Å². The van der Waals surface area contributed by atoms with E-state index in [2.05, 4.69) is 4.98 Å². The van der Waals surface area contributed by atoms with Crippen LogP contribution in [0.2, 0.25) is 5.15 Å². The Kier molecular flexibility index (Phi) is 3.56. The number of pyridine rings is 1. The molecule has 4 nitrogen and oxygen atoms in total. The van der Waals surface area contributed by atoms with Gasteiger partial charge >= 0.3 is 0 Å². The third kappa shape index (κ3) is 2.49. The average Bonchev–Trinajstić information content (AvgIpc) is 2.89. The standard InChI is InChI=1S/C18H12ClFN2O2S/c1-11-2-5-13(6-3-11)25(23,24)22-16-7-4-12(20)8-14(16)15-9-18(19)21-10-17(15)22/h2-10H,1H3. The zero-order valence-electron chi connectivity index (χ0n) is 13.1. The van der Waals surface area contributed by atoms with Crippen molar-refractivity contribution in [3.05, 3.63) is 71.3 Å². The van der Waals surface area contributed by atoms with E-state index in [1.54, 1.807) is 30.3 Å². The SMILES string of the molecule is Cc1ccc(S(=O)(=O)n2c3ccc(F)cc3c3cc(Cl)ncc32)cc1. The van der Waals surface area contributed by atoms with Gasteiger partial charge in [0.25, 0.3) is 10.0 Å². The van der Waals surface area contributed by atoms with Gasteiger partial charge in [-0.2, -0.15) is 0 Å². The van der Waals surface area contributed by atoms with E-state index in [1.807, 2.05) is 6.92 Å². The zero-order valence-corrected chi connectivity index (χ0v) is 14.6. The number of aromatic nitrogens is 2. The van der Waals surface area contributed by atoms with Crippen LogP contribution in [0.25, 0.3) is 21.8 Å². The molecule has 126 valence electrons. The summed E-state index contributed by atoms with van der Waals surface area (Å²) in [4.78, 5) is 4.14. The molecule has 0 saturated carbocycles. The Morgan fingerprint density at radius 2 is 1.68 bits per heavy atom. The van der Waals surface area contributed by atoms with Gasteiger partial charge in [0.15, 0.2) is 0 Å². The van der Waals surface area contributed by atoms with Crippen molar-refractivity contribution in [1.82, 2.24) is 8.96 Å². The number of fused-ring (bicyclic) bond motifs is 3. The average molecular weight is 375 g/mol. The van der Waals surface area contributed by atoms with Gasteiger partial charge < -0.3 is 0 Å². The highest BCUT2D eigenvalue weighted by Gasteiger charge is 2.23. The zero-order chi connectivity index (χ0) is 17.8. The smallest absolute Gasteiger partial charge is 0.242 e. The number of hydrogen-bond donors (Lipinski definition) is 0. The molecule has 0 radical (unpaired) electrons. The Balaban J connectivity index is 2.14. The summed E-state index contributed by atoms with van der Waals surface area (Å²) in [7, 11) is -3.88. The lowest BCUT2D eigenvalue weighted by Gasteiger charge is -2.09. The van der Waals surface area contributed by atoms with E-state index in [-0.39, 0.29) is 10.0 Å². The van der Waals surface area contributed by atoms with E-state index < -0.39 is 15.8 Å². The summed E-state index contributed by atoms with van der Waals surface area (Å²) in [5, 5.41) is 1.21. The van der Waals surface area contributed by atoms with Gasteiger partial charge in [-0.3, -0.25) is 0 Å². The van der Waals surface area contributed by atoms with E-state index >= 15 is 0 Å². The largest absolute Gasteiger partial charge is 0.268 e. The fraction of sp³-hybridized carbons (Fsp3) is 0.0556. The van der Waals surface area contributed by atoms with Crippen molar-refractivity contribution in [3.63, 3.8) is 0 Å². The van der Waals surface area contributed by atoms with Crippen molar-refractivity contribution in [2.45, 2.75) is 11.8 Å². The Morgan fingerprint density at radius 1 is 1.00 bits per heavy atom. The third-order valence-electron chi connectivity index (χ3n) is 4.10. The fourth-order valence-electron chi connectivity index (χ4n) is 2.91. The van der Waals surface area contributed by atoms with Crippen LogP contribution in [0, 0.1) is 12.7 Å². The number of rotatable bonds is 2. The van der Waals surface area contributed by atoms with Crippen LogP contribution in [-0.2, 0) is 10.0 Å². The molecule has 0 spiro atoms. The molecule has 2 heterocycles. The molecule has 0 aliphatic rings. The van der Waals surface area contributed by atoms with E-state index in [4.69, 9.17) is 11.6 Å². The fourth-order valence-corrected chi connectivity index (χ4v) is 4.58. The van der Waals surface area contributed by atoms with E-state index in [1.165, 1.54) is 28.4 Å². The normalized spacial score (nSPS) is 12.1. The second-order valence-electron chi connectivity index (χ2n) is 5.77. The van der Waals surface area contributed by atoms with Crippen molar-refractivity contribution in [3.8, 4) is 0 Å². The predicted octanol–water partition coefficient (Wildman–Crippen LogP) is 4.53. The summed E-state index contributed by atoms with van der Waals surface area (Å²) in [6.07, 6.45) is 1.39. The van der Waals surface area contributed by atoms with Crippen molar-refractivity contribution in [2.75, 3.05) is 0 Å². The first-order chi connectivity index (χ1) is 11.9. The molecule has 0 aliphatic heterocycles. The first-order valence-corrected chi connectivity index (χ1v) is 9.27. The number of nitrogens with zero attached hydrogens (tertiary/aromatic N) is 2. The summed E-state index contributed by atoms with van der Waals surface area (Å²) in [6.45, 7) is 1.88. The second-order valence-corrected chi connectivity index (χ2v) is 7.94. The maximum absolute atomic E-state index is 13.7. The van der Waals surface area contributed by atoms with Crippen LogP contribution >= 0.6 is 11.6 Å². The predicted molar refractivity (Wildman–Crippen MR) is 96.0 cm³/mol. The molecular weight excluding hydrogens is 363 g/mol. The molecule has 4 aromatic rings. The lowest BCUT2D eigenvalue weighted by molar-refractivity contribution is 0.590. The van der Waals surface area contributed by atoms with Crippen LogP contribution in [0.15, 0.2) is 59.6 Å². The van der Waals surface area contributed by atoms with Gasteiger partial charge in [-0.1, -0.05) is 29.3 Å². The highest BCUT2D eigenvalue weighted by atomic mass is 35.5. The van der Waals surface area contributed by atoms with Crippen LogP contribution < -0.4 is 0 Å². The van der Waals surface area contributed by atoms with Crippen LogP contribution in [-0.4, -0.2) is 17.4 Å². The molecule has 0 unspecified atom stereocenters. The van der Waals surface area contributed by atoms with Gasteiger partial charge in [0, 0.05) is 10.8 Å². The minimum Gasteiger partial charge on any atom is -0.242 e. The molecule has 7 heteroatoms. The number of halogens is 2. The second kappa shape index (κ2) is 5.54. The van der Waals surface area contributed by atoms with Gasteiger partial charge in [0.05, 0.1) is 22.1 Å². The maximum Gasteiger partial charge on any atom is 0.268 e. The Labute approximate surface area is 148 Å². The summed E-state index contributed by atoms with van der Waals surface area (Å²) < 4.78 is 41.3. The van der Waals surface area contributed by atoms with Crippen molar-refractivity contribution in [2.24, 2.45) is 0 Å². The maximum atomic E-state index is 13.7. The monoisotopic (exact) mass is 374 g/mol. The van der Waals surface area contributed by atoms with E-state index in [9.17, 15) is 12.8 Å². The first-order valence-electron chi connectivity index (χ1n) is 7.45. The molecule has 2 aromatic carbocycles. The van der Waals surface area contributed by atoms with Gasteiger partial charge in [-0.15, -0.1) is 0 Å². The molecule has 0 saturated heterocycles. The first kappa shape index (κ1) is 16.1. The molecule has 0 bridgehead atoms. The minimum absolute atomic E-state index is 0.149. The summed E-state index contributed by atoms with van der Waals surface area (Å²) in [5.74, 6) is -0.452. The van der Waals surface area contributed by atoms with Gasteiger partial charge in [0.2, 0.25) is 0 Å². The lowest BCUT2D eigenvalue weighted by Crippen LogP contribution is -2.12. The van der Waals surface area contributed by atoms with Crippen LogP contribution in [0.1, 0.15) is 5.56 Å². The molecular formula is C18H12ClFN2O2S. The van der Waals surface area contributed by atoms with Crippen molar-refractivity contribution in [1.29, 1.82) is 0 Å². The highest BCUT2D eigenvalue weighted by molar-refractivity contribution is 7.90. The van der Waals surface area contributed by atoms with Crippen molar-refractivity contribution >= 4 is 43.4 Å². The third-order valence-corrected chi connectivity index (χ3v) is 6.04. The van der Waals surface area contributed by atoms with E-state index in [0.717, 1.165) is 5.56 Å². The number of benzene rings is 2. The molecule has 0 fully saturated rings. The topological polar surface area (TPSA) is 52.0 Å². The Bertz CT molecular complexity index is 1170. The number of hydrogen-bond acceptors (Lipinski definition) is 3. The molecule has 2 aromatic heterocycles. The Hall–Kier alpha value is -2.44. The number of aryl methyl sites for hydroxylation is 1. The Morgan fingerprint density at radius 3 is 2.40 bits per heavy atom. The summed E-state index contributed by atoms with van der Waals surface area (Å²) in [5.41, 5.74) is 1.68.